The molecule has 0 radical (unpaired) electrons. The van der Waals surface area contributed by atoms with Crippen LogP contribution < -0.4 is 19.8 Å². The number of nitrogens with one attached hydrogen (secondary N) is 1. The molecule has 0 saturated heterocycles. The molecule has 2 aromatic heterocycles. The van der Waals surface area contributed by atoms with E-state index in [1.165, 1.54) is 7.11 Å². The first-order valence-corrected chi connectivity index (χ1v) is 9.70. The van der Waals surface area contributed by atoms with Crippen LogP contribution in [0.5, 0.6) is 17.4 Å². The van der Waals surface area contributed by atoms with Crippen LogP contribution in [0.15, 0.2) is 16.9 Å². The van der Waals surface area contributed by atoms with E-state index < -0.39 is 11.2 Å². The number of nitrogens with zero attached hydrogens (tertiary/aromatic N) is 2. The zero-order valence-corrected chi connectivity index (χ0v) is 16.5. The summed E-state index contributed by atoms with van der Waals surface area (Å²) in [6.07, 6.45) is 4.38. The van der Waals surface area contributed by atoms with Crippen LogP contribution in [-0.2, 0) is 10.3 Å². The number of methoxy groups -OCH3 is 2. The van der Waals surface area contributed by atoms with E-state index in [0.717, 1.165) is 37.7 Å². The lowest BCUT2D eigenvalue weighted by atomic mass is 9.86. The topological polar surface area (TPSA) is 106 Å². The molecule has 3 heterocycles. The third kappa shape index (κ3) is 3.32. The number of hydrogen-bond donors (Lipinski definition) is 1. The minimum absolute atomic E-state index is 0.0761. The highest BCUT2D eigenvalue weighted by Crippen LogP contribution is 2.52. The number of nitriles is 1. The molecule has 8 heteroatoms. The molecular formula is C21H23N3O5. The molecule has 1 aliphatic heterocycles. The molecular weight excluding hydrogens is 374 g/mol. The van der Waals surface area contributed by atoms with E-state index in [0.29, 0.717) is 42.0 Å². The highest BCUT2D eigenvalue weighted by Gasteiger charge is 2.45. The Kier molecular flexibility index (Phi) is 5.16. The van der Waals surface area contributed by atoms with Crippen LogP contribution in [0.2, 0.25) is 0 Å². The quantitative estimate of drug-likeness (QED) is 0.747. The number of aromatic amines is 1. The first-order chi connectivity index (χ1) is 14.1. The molecule has 1 spiro atoms. The van der Waals surface area contributed by atoms with Gasteiger partial charge in [0.25, 0.3) is 11.4 Å². The van der Waals surface area contributed by atoms with Gasteiger partial charge in [-0.15, -0.1) is 0 Å². The molecule has 1 fully saturated rings. The Morgan fingerprint density at radius 1 is 1.28 bits per heavy atom. The van der Waals surface area contributed by atoms with Gasteiger partial charge < -0.3 is 23.9 Å². The zero-order chi connectivity index (χ0) is 20.4. The van der Waals surface area contributed by atoms with Gasteiger partial charge in [-0.3, -0.25) is 4.79 Å². The van der Waals surface area contributed by atoms with Gasteiger partial charge in [0.1, 0.15) is 22.9 Å². The molecule has 0 atom stereocenters. The number of hydrogen-bond acceptors (Lipinski definition) is 7. The highest BCUT2D eigenvalue weighted by molar-refractivity contribution is 5.72. The van der Waals surface area contributed by atoms with Crippen LogP contribution in [-0.4, -0.2) is 37.4 Å². The Morgan fingerprint density at radius 2 is 2.07 bits per heavy atom. The number of ether oxygens (including phenoxy) is 4. The smallest absolute Gasteiger partial charge is 0.266 e. The minimum atomic E-state index is -0.568. The van der Waals surface area contributed by atoms with E-state index in [9.17, 15) is 10.1 Å². The van der Waals surface area contributed by atoms with E-state index in [1.807, 2.05) is 6.07 Å². The van der Waals surface area contributed by atoms with Crippen LogP contribution in [0.25, 0.3) is 11.4 Å². The minimum Gasteiger partial charge on any atom is -0.488 e. The molecule has 0 bridgehead atoms. The van der Waals surface area contributed by atoms with E-state index in [2.05, 4.69) is 9.97 Å². The standard InChI is InChI=1S/C21H23N3O5/c1-26-8-5-9-28-16-11-15-18(24-20(16)27-2)17-14(10-13(12-22)19(25)23-17)21(29-15)6-3-4-7-21/h10-11H,3-9H2,1-2H3,(H,23,25). The van der Waals surface area contributed by atoms with Crippen molar-refractivity contribution in [1.82, 2.24) is 9.97 Å². The maximum absolute atomic E-state index is 12.3. The van der Waals surface area contributed by atoms with Crippen molar-refractivity contribution in [3.05, 3.63) is 33.6 Å². The second-order valence-electron chi connectivity index (χ2n) is 7.25. The van der Waals surface area contributed by atoms with E-state index in [1.54, 1.807) is 19.2 Å². The second-order valence-corrected chi connectivity index (χ2v) is 7.25. The summed E-state index contributed by atoms with van der Waals surface area (Å²) in [6.45, 7) is 1.05. The Labute approximate surface area is 168 Å². The molecule has 1 N–H and O–H groups in total. The largest absolute Gasteiger partial charge is 0.488 e. The summed E-state index contributed by atoms with van der Waals surface area (Å²) in [5.74, 6) is 1.33. The number of rotatable bonds is 6. The molecule has 152 valence electrons. The van der Waals surface area contributed by atoms with Gasteiger partial charge in [0.2, 0.25) is 0 Å². The highest BCUT2D eigenvalue weighted by atomic mass is 16.5. The van der Waals surface area contributed by atoms with Gasteiger partial charge in [0, 0.05) is 31.8 Å². The van der Waals surface area contributed by atoms with Gasteiger partial charge in [0.15, 0.2) is 11.5 Å². The number of pyridine rings is 2. The van der Waals surface area contributed by atoms with Crippen molar-refractivity contribution < 1.29 is 18.9 Å². The molecule has 2 aromatic rings. The molecule has 4 rings (SSSR count). The first kappa shape index (κ1) is 19.3. The van der Waals surface area contributed by atoms with Gasteiger partial charge in [-0.25, -0.2) is 4.98 Å². The molecule has 1 saturated carbocycles. The fraction of sp³-hybridized carbons (Fsp3) is 0.476. The monoisotopic (exact) mass is 397 g/mol. The Morgan fingerprint density at radius 3 is 2.76 bits per heavy atom. The van der Waals surface area contributed by atoms with E-state index in [4.69, 9.17) is 18.9 Å². The van der Waals surface area contributed by atoms with Crippen LogP contribution in [0.3, 0.4) is 0 Å². The van der Waals surface area contributed by atoms with Gasteiger partial charge >= 0.3 is 0 Å². The normalized spacial score (nSPS) is 15.9. The van der Waals surface area contributed by atoms with E-state index in [-0.39, 0.29) is 5.56 Å². The third-order valence-electron chi connectivity index (χ3n) is 5.47. The van der Waals surface area contributed by atoms with Crippen molar-refractivity contribution >= 4 is 0 Å². The van der Waals surface area contributed by atoms with Crippen molar-refractivity contribution in [3.63, 3.8) is 0 Å². The number of fused-ring (bicyclic) bond motifs is 4. The molecule has 1 aliphatic carbocycles. The lowest BCUT2D eigenvalue weighted by Gasteiger charge is -2.37. The summed E-state index contributed by atoms with van der Waals surface area (Å²) in [7, 11) is 3.16. The van der Waals surface area contributed by atoms with Crippen LogP contribution in [0.1, 0.15) is 43.2 Å². The van der Waals surface area contributed by atoms with Crippen LogP contribution in [0, 0.1) is 11.3 Å². The van der Waals surface area contributed by atoms with Gasteiger partial charge in [-0.05, 0) is 31.7 Å². The molecule has 0 unspecified atom stereocenters. The van der Waals surface area contributed by atoms with Crippen LogP contribution in [0.4, 0.5) is 0 Å². The third-order valence-corrected chi connectivity index (χ3v) is 5.47. The summed E-state index contributed by atoms with van der Waals surface area (Å²) in [5, 5.41) is 9.31. The van der Waals surface area contributed by atoms with Crippen molar-refractivity contribution in [2.45, 2.75) is 37.7 Å². The van der Waals surface area contributed by atoms with Gasteiger partial charge in [-0.1, -0.05) is 0 Å². The predicted octanol–water partition coefficient (Wildman–Crippen LogP) is 2.89. The fourth-order valence-electron chi connectivity index (χ4n) is 4.10. The van der Waals surface area contributed by atoms with Crippen LogP contribution >= 0.6 is 0 Å². The maximum atomic E-state index is 12.3. The Hall–Kier alpha value is -3.05. The molecule has 2 aliphatic rings. The Balaban J connectivity index is 1.82. The van der Waals surface area contributed by atoms with Crippen molar-refractivity contribution in [2.24, 2.45) is 0 Å². The average molecular weight is 397 g/mol. The predicted molar refractivity (Wildman–Crippen MR) is 104 cm³/mol. The molecule has 0 amide bonds. The fourth-order valence-corrected chi connectivity index (χ4v) is 4.10. The number of H-pyrrole nitrogens is 1. The summed E-state index contributed by atoms with van der Waals surface area (Å²) in [5.41, 5.74) is 0.949. The van der Waals surface area contributed by atoms with Gasteiger partial charge in [-0.2, -0.15) is 5.26 Å². The average Bonchev–Trinajstić information content (AvgIpc) is 3.19. The lowest BCUT2D eigenvalue weighted by Crippen LogP contribution is -2.35. The molecule has 29 heavy (non-hydrogen) atoms. The maximum Gasteiger partial charge on any atom is 0.266 e. The summed E-state index contributed by atoms with van der Waals surface area (Å²) >= 11 is 0. The zero-order valence-electron chi connectivity index (χ0n) is 16.5. The van der Waals surface area contributed by atoms with Crippen molar-refractivity contribution in [1.29, 1.82) is 5.26 Å². The molecule has 0 aromatic carbocycles. The lowest BCUT2D eigenvalue weighted by molar-refractivity contribution is 0.0692. The summed E-state index contributed by atoms with van der Waals surface area (Å²) in [4.78, 5) is 19.8. The van der Waals surface area contributed by atoms with E-state index >= 15 is 0 Å². The molecule has 8 nitrogen and oxygen atoms in total. The second kappa shape index (κ2) is 7.76. The SMILES string of the molecule is COCCCOc1cc2c(nc1OC)-c1[nH]c(=O)c(C#N)cc1C1(CCCC1)O2. The summed E-state index contributed by atoms with van der Waals surface area (Å²) in [6, 6.07) is 5.38. The summed E-state index contributed by atoms with van der Waals surface area (Å²) < 4.78 is 22.8. The van der Waals surface area contributed by atoms with Crippen molar-refractivity contribution in [3.8, 4) is 34.8 Å². The van der Waals surface area contributed by atoms with Gasteiger partial charge in [0.05, 0.1) is 19.4 Å². The Bertz CT molecular complexity index is 1020. The number of aromatic nitrogens is 2. The van der Waals surface area contributed by atoms with Crippen molar-refractivity contribution in [2.75, 3.05) is 27.4 Å². The first-order valence-electron chi connectivity index (χ1n) is 9.70.